The number of benzene rings is 1. The Morgan fingerprint density at radius 2 is 2.21 bits per heavy atom. The Kier molecular flexibility index (Phi) is 5.62. The van der Waals surface area contributed by atoms with Gasteiger partial charge in [-0.2, -0.15) is 11.8 Å². The SMILES string of the molecule is CNc1ccc(C(=O)NC(C)CSC)cc1[N+](=O)[O-]. The molecule has 104 valence electrons. The molecule has 0 aromatic heterocycles. The van der Waals surface area contributed by atoms with E-state index in [0.717, 1.165) is 5.75 Å². The Morgan fingerprint density at radius 3 is 2.74 bits per heavy atom. The topological polar surface area (TPSA) is 84.3 Å². The number of nitrogens with zero attached hydrogens (tertiary/aromatic N) is 1. The van der Waals surface area contributed by atoms with Crippen LogP contribution in [0.15, 0.2) is 18.2 Å². The summed E-state index contributed by atoms with van der Waals surface area (Å²) in [4.78, 5) is 22.3. The smallest absolute Gasteiger partial charge is 0.293 e. The summed E-state index contributed by atoms with van der Waals surface area (Å²) < 4.78 is 0. The molecular formula is C12H17N3O3S. The van der Waals surface area contributed by atoms with Gasteiger partial charge in [0.15, 0.2) is 0 Å². The van der Waals surface area contributed by atoms with Crippen LogP contribution in [0.4, 0.5) is 11.4 Å². The van der Waals surface area contributed by atoms with Crippen LogP contribution in [0.1, 0.15) is 17.3 Å². The van der Waals surface area contributed by atoms with E-state index in [1.165, 1.54) is 12.1 Å². The molecule has 1 unspecified atom stereocenters. The fraction of sp³-hybridized carbons (Fsp3) is 0.417. The summed E-state index contributed by atoms with van der Waals surface area (Å²) in [5, 5.41) is 16.4. The maximum Gasteiger partial charge on any atom is 0.293 e. The van der Waals surface area contributed by atoms with E-state index in [2.05, 4.69) is 10.6 Å². The van der Waals surface area contributed by atoms with Gasteiger partial charge in [0.05, 0.1) is 4.92 Å². The van der Waals surface area contributed by atoms with Gasteiger partial charge in [-0.15, -0.1) is 0 Å². The molecule has 0 spiro atoms. The van der Waals surface area contributed by atoms with Crippen molar-refractivity contribution in [2.24, 2.45) is 0 Å². The number of thioether (sulfide) groups is 1. The molecule has 0 saturated heterocycles. The summed E-state index contributed by atoms with van der Waals surface area (Å²) in [6, 6.07) is 4.41. The van der Waals surface area contributed by atoms with Crippen molar-refractivity contribution in [2.75, 3.05) is 24.4 Å². The van der Waals surface area contributed by atoms with Crippen LogP contribution in [0.5, 0.6) is 0 Å². The number of carbonyl (C=O) groups is 1. The standard InChI is InChI=1S/C12H17N3O3S/c1-8(7-19-3)14-12(16)9-4-5-10(13-2)11(6-9)15(17)18/h4-6,8,13H,7H2,1-3H3,(H,14,16). The van der Waals surface area contributed by atoms with E-state index in [-0.39, 0.29) is 17.6 Å². The second-order valence-corrected chi connectivity index (χ2v) is 4.98. The summed E-state index contributed by atoms with van der Waals surface area (Å²) in [5.74, 6) is 0.495. The Bertz CT molecular complexity index is 479. The summed E-state index contributed by atoms with van der Waals surface area (Å²) in [6.07, 6.45) is 1.95. The maximum absolute atomic E-state index is 11.9. The fourth-order valence-electron chi connectivity index (χ4n) is 1.63. The highest BCUT2D eigenvalue weighted by atomic mass is 32.2. The first-order chi connectivity index (χ1) is 8.99. The van der Waals surface area contributed by atoms with E-state index >= 15 is 0 Å². The molecule has 19 heavy (non-hydrogen) atoms. The molecule has 1 aromatic rings. The van der Waals surface area contributed by atoms with E-state index in [1.54, 1.807) is 24.9 Å². The summed E-state index contributed by atoms with van der Waals surface area (Å²) in [6.45, 7) is 1.89. The highest BCUT2D eigenvalue weighted by Crippen LogP contribution is 2.24. The largest absolute Gasteiger partial charge is 0.383 e. The molecule has 0 saturated carbocycles. The van der Waals surface area contributed by atoms with E-state index in [0.29, 0.717) is 11.3 Å². The van der Waals surface area contributed by atoms with Gasteiger partial charge in [0.25, 0.3) is 11.6 Å². The molecule has 0 fully saturated rings. The van der Waals surface area contributed by atoms with Crippen LogP contribution in [0.25, 0.3) is 0 Å². The monoisotopic (exact) mass is 283 g/mol. The summed E-state index contributed by atoms with van der Waals surface area (Å²) in [7, 11) is 1.60. The lowest BCUT2D eigenvalue weighted by molar-refractivity contribution is -0.384. The average Bonchev–Trinajstić information content (AvgIpc) is 2.37. The Morgan fingerprint density at radius 1 is 1.53 bits per heavy atom. The number of nitro groups is 1. The van der Waals surface area contributed by atoms with Gasteiger partial charge in [0.1, 0.15) is 5.69 Å². The maximum atomic E-state index is 11.9. The molecule has 6 nitrogen and oxygen atoms in total. The first-order valence-electron chi connectivity index (χ1n) is 5.75. The van der Waals surface area contributed by atoms with Crippen LogP contribution in [0, 0.1) is 10.1 Å². The number of hydrogen-bond donors (Lipinski definition) is 2. The van der Waals surface area contributed by atoms with Crippen molar-refractivity contribution < 1.29 is 9.72 Å². The van der Waals surface area contributed by atoms with Crippen molar-refractivity contribution in [2.45, 2.75) is 13.0 Å². The highest BCUT2D eigenvalue weighted by Gasteiger charge is 2.17. The molecule has 2 N–H and O–H groups in total. The molecule has 0 radical (unpaired) electrons. The second kappa shape index (κ2) is 6.98. The van der Waals surface area contributed by atoms with Crippen LogP contribution in [-0.4, -0.2) is 35.9 Å². The van der Waals surface area contributed by atoms with E-state index < -0.39 is 4.92 Å². The molecule has 0 heterocycles. The zero-order chi connectivity index (χ0) is 14.4. The number of carbonyl (C=O) groups excluding carboxylic acids is 1. The first kappa shape index (κ1) is 15.3. The van der Waals surface area contributed by atoms with Gasteiger partial charge in [-0.1, -0.05) is 0 Å². The predicted octanol–water partition coefficient (Wildman–Crippen LogP) is 2.12. The van der Waals surface area contributed by atoms with Gasteiger partial charge in [0, 0.05) is 30.5 Å². The zero-order valence-electron chi connectivity index (χ0n) is 11.1. The zero-order valence-corrected chi connectivity index (χ0v) is 11.9. The van der Waals surface area contributed by atoms with Gasteiger partial charge in [-0.05, 0) is 25.3 Å². The number of nitrogens with one attached hydrogen (secondary N) is 2. The van der Waals surface area contributed by atoms with Crippen molar-refractivity contribution in [3.05, 3.63) is 33.9 Å². The van der Waals surface area contributed by atoms with Gasteiger partial charge < -0.3 is 10.6 Å². The predicted molar refractivity (Wildman–Crippen MR) is 78.0 cm³/mol. The number of hydrogen-bond acceptors (Lipinski definition) is 5. The van der Waals surface area contributed by atoms with E-state index in [9.17, 15) is 14.9 Å². The third-order valence-corrected chi connectivity index (χ3v) is 3.35. The third kappa shape index (κ3) is 4.13. The molecule has 0 aliphatic heterocycles. The lowest BCUT2D eigenvalue weighted by Crippen LogP contribution is -2.34. The number of rotatable bonds is 6. The van der Waals surface area contributed by atoms with Crippen molar-refractivity contribution in [1.29, 1.82) is 0 Å². The van der Waals surface area contributed by atoms with Crippen LogP contribution >= 0.6 is 11.8 Å². The molecule has 1 rings (SSSR count). The number of amides is 1. The van der Waals surface area contributed by atoms with Crippen LogP contribution < -0.4 is 10.6 Å². The molecule has 1 amide bonds. The molecule has 7 heteroatoms. The van der Waals surface area contributed by atoms with E-state index in [1.807, 2.05) is 13.2 Å². The summed E-state index contributed by atoms with van der Waals surface area (Å²) >= 11 is 1.63. The van der Waals surface area contributed by atoms with Crippen molar-refractivity contribution >= 4 is 29.0 Å². The number of anilines is 1. The highest BCUT2D eigenvalue weighted by molar-refractivity contribution is 7.98. The molecule has 0 bridgehead atoms. The minimum atomic E-state index is -0.506. The quantitative estimate of drug-likeness (QED) is 0.617. The average molecular weight is 283 g/mol. The summed E-state index contributed by atoms with van der Waals surface area (Å²) in [5.41, 5.74) is 0.574. The Hall–Kier alpha value is -1.76. The van der Waals surface area contributed by atoms with Gasteiger partial charge >= 0.3 is 0 Å². The van der Waals surface area contributed by atoms with Gasteiger partial charge in [-0.25, -0.2) is 0 Å². The normalized spacial score (nSPS) is 11.7. The van der Waals surface area contributed by atoms with Crippen LogP contribution in [0.2, 0.25) is 0 Å². The van der Waals surface area contributed by atoms with Gasteiger partial charge in [-0.3, -0.25) is 14.9 Å². The lowest BCUT2D eigenvalue weighted by atomic mass is 10.1. The van der Waals surface area contributed by atoms with Gasteiger partial charge in [0.2, 0.25) is 0 Å². The molecule has 1 atom stereocenters. The number of nitro benzene ring substituents is 1. The van der Waals surface area contributed by atoms with Crippen LogP contribution in [-0.2, 0) is 0 Å². The van der Waals surface area contributed by atoms with Crippen molar-refractivity contribution in [3.63, 3.8) is 0 Å². The lowest BCUT2D eigenvalue weighted by Gasteiger charge is -2.12. The molecular weight excluding hydrogens is 266 g/mol. The van der Waals surface area contributed by atoms with Crippen molar-refractivity contribution in [1.82, 2.24) is 5.32 Å². The Balaban J connectivity index is 2.92. The fourth-order valence-corrected chi connectivity index (χ4v) is 2.22. The van der Waals surface area contributed by atoms with E-state index in [4.69, 9.17) is 0 Å². The molecule has 0 aliphatic carbocycles. The van der Waals surface area contributed by atoms with Crippen LogP contribution in [0.3, 0.4) is 0 Å². The third-order valence-electron chi connectivity index (χ3n) is 2.52. The molecule has 0 aliphatic rings. The second-order valence-electron chi connectivity index (χ2n) is 4.07. The minimum absolute atomic E-state index is 0.0190. The molecule has 1 aromatic carbocycles. The first-order valence-corrected chi connectivity index (χ1v) is 7.15. The minimum Gasteiger partial charge on any atom is -0.383 e. The Labute approximate surface area is 116 Å². The van der Waals surface area contributed by atoms with Crippen molar-refractivity contribution in [3.8, 4) is 0 Å².